The minimum absolute atomic E-state index is 0.213. The van der Waals surface area contributed by atoms with Gasteiger partial charge in [-0.1, -0.05) is 138 Å². The number of carboxylic acid groups (broad SMARTS) is 1. The second-order valence-corrected chi connectivity index (χ2v) is 12.0. The van der Waals surface area contributed by atoms with Crippen LogP contribution in [0.5, 0.6) is 0 Å². The predicted molar refractivity (Wildman–Crippen MR) is 147 cm³/mol. The highest BCUT2D eigenvalue weighted by Gasteiger charge is 2.19. The van der Waals surface area contributed by atoms with E-state index in [4.69, 9.17) is 5.11 Å². The number of unbranched alkanes of at least 4 members (excludes halogenated alkanes) is 13. The number of carbonyl (C=O) groups is 1. The first-order valence-corrected chi connectivity index (χ1v) is 15.0. The molecule has 0 heterocycles. The normalized spacial score (nSPS) is 16.3. The summed E-state index contributed by atoms with van der Waals surface area (Å²) < 4.78 is 0. The lowest BCUT2D eigenvalue weighted by Gasteiger charge is -2.23. The van der Waals surface area contributed by atoms with Gasteiger partial charge in [0.25, 0.3) is 0 Å². The van der Waals surface area contributed by atoms with E-state index in [2.05, 4.69) is 34.6 Å². The lowest BCUT2D eigenvalue weighted by molar-refractivity contribution is -0.141. The Kier molecular flexibility index (Phi) is 21.6. The van der Waals surface area contributed by atoms with Crippen LogP contribution in [0.15, 0.2) is 0 Å². The standard InChI is InChI=1S/C31H62O2/c1-7-8-9-10-11-12-13-14-15-16-17-18-19-20-21-26(2)22-27(3)23-28(4)24-29(5)25-30(6)31(32)33/h26-30H,7-25H2,1-6H3,(H,32,33)/t26-,27-,28-,29-,30-/m0/s1. The van der Waals surface area contributed by atoms with Crippen molar-refractivity contribution in [1.82, 2.24) is 0 Å². The monoisotopic (exact) mass is 466 g/mol. The zero-order valence-corrected chi connectivity index (χ0v) is 23.7. The van der Waals surface area contributed by atoms with Gasteiger partial charge in [0.1, 0.15) is 0 Å². The van der Waals surface area contributed by atoms with E-state index >= 15 is 0 Å². The SMILES string of the molecule is CCCCCCCCCCCCCCCC[C@H](C)C[C@H](C)C[C@H](C)C[C@H](C)C[C@H](C)C(=O)O. The molecule has 0 radical (unpaired) electrons. The first-order chi connectivity index (χ1) is 15.8. The van der Waals surface area contributed by atoms with Gasteiger partial charge in [-0.25, -0.2) is 0 Å². The van der Waals surface area contributed by atoms with Crippen molar-refractivity contribution in [2.45, 2.75) is 164 Å². The van der Waals surface area contributed by atoms with Crippen LogP contribution in [-0.2, 0) is 4.79 Å². The molecule has 0 saturated heterocycles. The highest BCUT2D eigenvalue weighted by Crippen LogP contribution is 2.28. The van der Waals surface area contributed by atoms with Gasteiger partial charge in [0, 0.05) is 0 Å². The van der Waals surface area contributed by atoms with Crippen LogP contribution in [0.2, 0.25) is 0 Å². The molecule has 2 nitrogen and oxygen atoms in total. The Morgan fingerprint density at radius 3 is 1.24 bits per heavy atom. The van der Waals surface area contributed by atoms with Gasteiger partial charge in [-0.05, 0) is 49.4 Å². The quantitative estimate of drug-likeness (QED) is 0.144. The van der Waals surface area contributed by atoms with E-state index < -0.39 is 5.97 Å². The van der Waals surface area contributed by atoms with Crippen molar-refractivity contribution in [3.8, 4) is 0 Å². The molecule has 0 aromatic rings. The summed E-state index contributed by atoms with van der Waals surface area (Å²) >= 11 is 0. The van der Waals surface area contributed by atoms with Gasteiger partial charge in [-0.2, -0.15) is 0 Å². The highest BCUT2D eigenvalue weighted by molar-refractivity contribution is 5.69. The highest BCUT2D eigenvalue weighted by atomic mass is 16.4. The molecule has 0 aliphatic carbocycles. The fourth-order valence-corrected chi connectivity index (χ4v) is 5.86. The topological polar surface area (TPSA) is 37.3 Å². The largest absolute Gasteiger partial charge is 0.481 e. The Labute approximate surface area is 209 Å². The lowest BCUT2D eigenvalue weighted by atomic mass is 9.82. The van der Waals surface area contributed by atoms with Crippen molar-refractivity contribution in [2.24, 2.45) is 29.6 Å². The number of rotatable bonds is 24. The molecule has 0 unspecified atom stereocenters. The van der Waals surface area contributed by atoms with Crippen LogP contribution in [0.25, 0.3) is 0 Å². The molecule has 0 bridgehead atoms. The molecule has 0 fully saturated rings. The van der Waals surface area contributed by atoms with Crippen LogP contribution < -0.4 is 0 Å². The zero-order valence-electron chi connectivity index (χ0n) is 23.7. The molecule has 5 atom stereocenters. The van der Waals surface area contributed by atoms with Gasteiger partial charge in [0.15, 0.2) is 0 Å². The smallest absolute Gasteiger partial charge is 0.306 e. The van der Waals surface area contributed by atoms with Crippen molar-refractivity contribution in [1.29, 1.82) is 0 Å². The maximum atomic E-state index is 11.1. The summed E-state index contributed by atoms with van der Waals surface area (Å²) in [5.74, 6) is 1.96. The third-order valence-electron chi connectivity index (χ3n) is 7.64. The Morgan fingerprint density at radius 2 is 0.848 bits per heavy atom. The van der Waals surface area contributed by atoms with Crippen molar-refractivity contribution in [3.63, 3.8) is 0 Å². The zero-order chi connectivity index (χ0) is 24.9. The maximum absolute atomic E-state index is 11.1. The van der Waals surface area contributed by atoms with E-state index in [9.17, 15) is 4.79 Å². The average Bonchev–Trinajstić information content (AvgIpc) is 2.73. The van der Waals surface area contributed by atoms with Gasteiger partial charge < -0.3 is 5.11 Å². The second kappa shape index (κ2) is 22.0. The molecule has 0 rings (SSSR count). The second-order valence-electron chi connectivity index (χ2n) is 12.0. The van der Waals surface area contributed by atoms with E-state index in [-0.39, 0.29) is 5.92 Å². The summed E-state index contributed by atoms with van der Waals surface area (Å²) in [4.78, 5) is 11.1. The number of carboxylic acids is 1. The molecular formula is C31H62O2. The molecule has 0 aliphatic heterocycles. The molecule has 0 amide bonds. The summed E-state index contributed by atoms with van der Waals surface area (Å²) in [6.45, 7) is 13.6. The van der Waals surface area contributed by atoms with E-state index in [0.717, 1.165) is 24.7 Å². The Balaban J connectivity index is 3.58. The first kappa shape index (κ1) is 32.5. The molecular weight excluding hydrogens is 404 g/mol. The minimum Gasteiger partial charge on any atom is -0.481 e. The van der Waals surface area contributed by atoms with E-state index in [1.807, 2.05) is 6.92 Å². The van der Waals surface area contributed by atoms with E-state index in [0.29, 0.717) is 11.8 Å². The molecule has 0 aromatic carbocycles. The molecule has 2 heteroatoms. The van der Waals surface area contributed by atoms with Gasteiger partial charge in [0.2, 0.25) is 0 Å². The van der Waals surface area contributed by atoms with Crippen molar-refractivity contribution < 1.29 is 9.90 Å². The van der Waals surface area contributed by atoms with Crippen LogP contribution in [0.3, 0.4) is 0 Å². The lowest BCUT2D eigenvalue weighted by Crippen LogP contribution is -2.16. The van der Waals surface area contributed by atoms with Crippen LogP contribution in [0.1, 0.15) is 164 Å². The van der Waals surface area contributed by atoms with E-state index in [1.165, 1.54) is 109 Å². The average molecular weight is 467 g/mol. The number of aliphatic carboxylic acids is 1. The van der Waals surface area contributed by atoms with Crippen molar-refractivity contribution >= 4 is 5.97 Å². The third kappa shape index (κ3) is 21.7. The Bertz CT molecular complexity index is 433. The summed E-state index contributed by atoms with van der Waals surface area (Å²) in [6, 6.07) is 0. The van der Waals surface area contributed by atoms with Gasteiger partial charge >= 0.3 is 5.97 Å². The van der Waals surface area contributed by atoms with Gasteiger partial charge in [-0.15, -0.1) is 0 Å². The summed E-state index contributed by atoms with van der Waals surface area (Å²) in [7, 11) is 0. The van der Waals surface area contributed by atoms with Crippen molar-refractivity contribution in [2.75, 3.05) is 0 Å². The van der Waals surface area contributed by atoms with Gasteiger partial charge in [0.05, 0.1) is 5.92 Å². The van der Waals surface area contributed by atoms with Crippen LogP contribution in [0, 0.1) is 29.6 Å². The molecule has 0 aromatic heterocycles. The summed E-state index contributed by atoms with van der Waals surface area (Å²) in [6.07, 6.45) is 26.1. The minimum atomic E-state index is -0.653. The predicted octanol–water partition coefficient (Wildman–Crippen LogP) is 10.7. The summed E-state index contributed by atoms with van der Waals surface area (Å²) in [5, 5.41) is 9.11. The van der Waals surface area contributed by atoms with Gasteiger partial charge in [-0.3, -0.25) is 4.79 Å². The van der Waals surface area contributed by atoms with Crippen LogP contribution in [0.4, 0.5) is 0 Å². The molecule has 0 aliphatic rings. The Hall–Kier alpha value is -0.530. The molecule has 0 saturated carbocycles. The fourth-order valence-electron chi connectivity index (χ4n) is 5.86. The van der Waals surface area contributed by atoms with Crippen LogP contribution >= 0.6 is 0 Å². The van der Waals surface area contributed by atoms with E-state index in [1.54, 1.807) is 0 Å². The molecule has 0 spiro atoms. The molecule has 1 N–H and O–H groups in total. The maximum Gasteiger partial charge on any atom is 0.306 e. The van der Waals surface area contributed by atoms with Crippen molar-refractivity contribution in [3.05, 3.63) is 0 Å². The number of hydrogen-bond acceptors (Lipinski definition) is 1. The summed E-state index contributed by atoms with van der Waals surface area (Å²) in [5.41, 5.74) is 0. The third-order valence-corrected chi connectivity index (χ3v) is 7.64. The molecule has 198 valence electrons. The number of hydrogen-bond donors (Lipinski definition) is 1. The fraction of sp³-hybridized carbons (Fsp3) is 0.968. The first-order valence-electron chi connectivity index (χ1n) is 15.0. The van der Waals surface area contributed by atoms with Crippen LogP contribution in [-0.4, -0.2) is 11.1 Å². The molecule has 33 heavy (non-hydrogen) atoms. The Morgan fingerprint density at radius 1 is 0.515 bits per heavy atom.